The van der Waals surface area contributed by atoms with Crippen LogP contribution < -0.4 is 16.0 Å². The second-order valence-corrected chi connectivity index (χ2v) is 11.8. The molecular weight excluding hydrogens is 476 g/mol. The molecule has 0 fully saturated rings. The number of aromatic nitrogens is 1. The molecule has 0 saturated heterocycles. The maximum absolute atomic E-state index is 13.0. The van der Waals surface area contributed by atoms with Crippen molar-refractivity contribution in [3.05, 3.63) is 48.5 Å². The van der Waals surface area contributed by atoms with Crippen molar-refractivity contribution < 1.29 is 19.1 Å². The zero-order valence-electron chi connectivity index (χ0n) is 21.6. The number of thiazole rings is 1. The molecule has 1 atom stereocenters. The zero-order valence-corrected chi connectivity index (χ0v) is 22.4. The van der Waals surface area contributed by atoms with Crippen molar-refractivity contribution in [3.63, 3.8) is 0 Å². The van der Waals surface area contributed by atoms with E-state index in [1.54, 1.807) is 44.2 Å². The molecule has 0 aliphatic rings. The first-order chi connectivity index (χ1) is 16.8. The highest BCUT2D eigenvalue weighted by molar-refractivity contribution is 7.21. The number of ether oxygens (including phenoxy) is 1. The van der Waals surface area contributed by atoms with E-state index in [4.69, 9.17) is 4.74 Å². The molecule has 0 radical (unpaired) electrons. The molecule has 1 aromatic heterocycles. The van der Waals surface area contributed by atoms with Crippen LogP contribution in [0.25, 0.3) is 20.8 Å². The number of fused-ring (bicyclic) bond motifs is 1. The fourth-order valence-electron chi connectivity index (χ4n) is 3.34. The van der Waals surface area contributed by atoms with Gasteiger partial charge in [0.1, 0.15) is 16.7 Å². The Balaban J connectivity index is 1.69. The molecule has 9 heteroatoms. The standard InChI is InChI=1S/C27H34N4O4S/c1-26(2,3)15-22(32)28-16-20(31-25(34)35-27(4,5)6)23(33)29-18-13-11-17(12-14-18)24-30-19-9-7-8-10-21(19)36-24/h7-14,20H,15-16H2,1-6H3,(H,28,32)(H,29,33)(H,31,34). The van der Waals surface area contributed by atoms with Gasteiger partial charge in [0.25, 0.3) is 0 Å². The largest absolute Gasteiger partial charge is 0.444 e. The molecule has 3 N–H and O–H groups in total. The Hall–Kier alpha value is -3.46. The van der Waals surface area contributed by atoms with E-state index in [9.17, 15) is 14.4 Å². The smallest absolute Gasteiger partial charge is 0.408 e. The molecule has 0 saturated carbocycles. The molecule has 3 amide bonds. The van der Waals surface area contributed by atoms with Crippen LogP contribution in [-0.4, -0.2) is 41.1 Å². The Labute approximate surface area is 215 Å². The maximum atomic E-state index is 13.0. The van der Waals surface area contributed by atoms with Crippen molar-refractivity contribution in [3.8, 4) is 10.6 Å². The minimum atomic E-state index is -1.02. The summed E-state index contributed by atoms with van der Waals surface area (Å²) in [7, 11) is 0. The van der Waals surface area contributed by atoms with Gasteiger partial charge < -0.3 is 20.7 Å². The SMILES string of the molecule is CC(C)(C)CC(=O)NCC(NC(=O)OC(C)(C)C)C(=O)Nc1ccc(-c2nc3ccccc3s2)cc1. The molecule has 1 heterocycles. The average molecular weight is 511 g/mol. The summed E-state index contributed by atoms with van der Waals surface area (Å²) in [5.41, 5.74) is 1.51. The monoisotopic (exact) mass is 510 g/mol. The van der Waals surface area contributed by atoms with Crippen LogP contribution in [-0.2, 0) is 14.3 Å². The number of alkyl carbamates (subject to hydrolysis) is 1. The number of rotatable bonds is 7. The van der Waals surface area contributed by atoms with Crippen molar-refractivity contribution in [2.45, 2.75) is 59.6 Å². The van der Waals surface area contributed by atoms with Crippen LogP contribution in [0.15, 0.2) is 48.5 Å². The molecule has 36 heavy (non-hydrogen) atoms. The summed E-state index contributed by atoms with van der Waals surface area (Å²) in [5, 5.41) is 9.01. The van der Waals surface area contributed by atoms with Crippen LogP contribution in [0.3, 0.4) is 0 Å². The van der Waals surface area contributed by atoms with E-state index in [0.29, 0.717) is 12.1 Å². The van der Waals surface area contributed by atoms with E-state index in [-0.39, 0.29) is 17.9 Å². The van der Waals surface area contributed by atoms with Gasteiger partial charge in [0, 0.05) is 24.2 Å². The second kappa shape index (κ2) is 11.1. The Morgan fingerprint density at radius 2 is 1.64 bits per heavy atom. The molecule has 0 aliphatic heterocycles. The first kappa shape index (κ1) is 27.1. The number of benzene rings is 2. The Morgan fingerprint density at radius 1 is 0.972 bits per heavy atom. The highest BCUT2D eigenvalue weighted by Gasteiger charge is 2.26. The molecule has 3 rings (SSSR count). The van der Waals surface area contributed by atoms with Gasteiger partial charge in [0.15, 0.2) is 0 Å². The third-order valence-electron chi connectivity index (χ3n) is 4.89. The highest BCUT2D eigenvalue weighted by Crippen LogP contribution is 2.30. The summed E-state index contributed by atoms with van der Waals surface area (Å²) >= 11 is 1.60. The van der Waals surface area contributed by atoms with Crippen LogP contribution in [0.1, 0.15) is 48.0 Å². The zero-order chi connectivity index (χ0) is 26.5. The molecule has 192 valence electrons. The van der Waals surface area contributed by atoms with E-state index in [1.165, 1.54) is 0 Å². The minimum Gasteiger partial charge on any atom is -0.444 e. The molecule has 0 bridgehead atoms. The van der Waals surface area contributed by atoms with Gasteiger partial charge in [-0.3, -0.25) is 9.59 Å². The summed E-state index contributed by atoms with van der Waals surface area (Å²) in [6, 6.07) is 14.2. The number of hydrogen-bond donors (Lipinski definition) is 3. The number of carbonyl (C=O) groups is 3. The third-order valence-corrected chi connectivity index (χ3v) is 5.98. The molecule has 8 nitrogen and oxygen atoms in total. The van der Waals surface area contributed by atoms with Crippen LogP contribution in [0.5, 0.6) is 0 Å². The molecule has 0 spiro atoms. The lowest BCUT2D eigenvalue weighted by molar-refractivity contribution is -0.123. The molecule has 0 aliphatic carbocycles. The van der Waals surface area contributed by atoms with Crippen LogP contribution in [0, 0.1) is 5.41 Å². The number of amides is 3. The average Bonchev–Trinajstić information content (AvgIpc) is 3.19. The normalized spacial score (nSPS) is 12.6. The number of carbonyl (C=O) groups excluding carboxylic acids is 3. The van der Waals surface area contributed by atoms with Gasteiger partial charge in [-0.15, -0.1) is 11.3 Å². The summed E-state index contributed by atoms with van der Waals surface area (Å²) in [6.07, 6.45) is -0.444. The topological polar surface area (TPSA) is 109 Å². The van der Waals surface area contributed by atoms with Crippen molar-refractivity contribution in [2.75, 3.05) is 11.9 Å². The predicted octanol–water partition coefficient (Wildman–Crippen LogP) is 5.35. The Morgan fingerprint density at radius 3 is 2.25 bits per heavy atom. The molecule has 1 unspecified atom stereocenters. The quantitative estimate of drug-likeness (QED) is 0.397. The maximum Gasteiger partial charge on any atom is 0.408 e. The summed E-state index contributed by atoms with van der Waals surface area (Å²) in [4.78, 5) is 42.3. The van der Waals surface area contributed by atoms with E-state index in [0.717, 1.165) is 20.8 Å². The number of nitrogens with one attached hydrogen (secondary N) is 3. The summed E-state index contributed by atoms with van der Waals surface area (Å²) < 4.78 is 6.40. The third kappa shape index (κ3) is 8.34. The summed E-state index contributed by atoms with van der Waals surface area (Å²) in [6.45, 7) is 11.0. The van der Waals surface area contributed by atoms with Gasteiger partial charge in [-0.05, 0) is 62.6 Å². The Kier molecular flexibility index (Phi) is 8.35. The van der Waals surface area contributed by atoms with E-state index in [2.05, 4.69) is 20.9 Å². The van der Waals surface area contributed by atoms with Gasteiger partial charge in [-0.2, -0.15) is 0 Å². The number of para-hydroxylation sites is 1. The van der Waals surface area contributed by atoms with E-state index < -0.39 is 23.6 Å². The van der Waals surface area contributed by atoms with Crippen LogP contribution >= 0.6 is 11.3 Å². The van der Waals surface area contributed by atoms with Crippen molar-refractivity contribution in [2.24, 2.45) is 5.41 Å². The highest BCUT2D eigenvalue weighted by atomic mass is 32.1. The number of anilines is 1. The molecule has 2 aromatic carbocycles. The Bertz CT molecular complexity index is 1190. The van der Waals surface area contributed by atoms with Gasteiger partial charge in [-0.25, -0.2) is 9.78 Å². The van der Waals surface area contributed by atoms with E-state index >= 15 is 0 Å². The van der Waals surface area contributed by atoms with Crippen molar-refractivity contribution in [1.29, 1.82) is 0 Å². The van der Waals surface area contributed by atoms with Crippen molar-refractivity contribution >= 4 is 45.1 Å². The number of nitrogens with zero attached hydrogens (tertiary/aromatic N) is 1. The number of hydrogen-bond acceptors (Lipinski definition) is 6. The fourth-order valence-corrected chi connectivity index (χ4v) is 4.31. The van der Waals surface area contributed by atoms with Crippen LogP contribution in [0.4, 0.5) is 10.5 Å². The van der Waals surface area contributed by atoms with Gasteiger partial charge in [0.2, 0.25) is 11.8 Å². The molecule has 3 aromatic rings. The predicted molar refractivity (Wildman–Crippen MR) is 144 cm³/mol. The lowest BCUT2D eigenvalue weighted by Crippen LogP contribution is -2.51. The lowest BCUT2D eigenvalue weighted by Gasteiger charge is -2.24. The van der Waals surface area contributed by atoms with E-state index in [1.807, 2.05) is 57.2 Å². The lowest BCUT2D eigenvalue weighted by atomic mass is 9.92. The fraction of sp³-hybridized carbons (Fsp3) is 0.407. The first-order valence-corrected chi connectivity index (χ1v) is 12.6. The van der Waals surface area contributed by atoms with Gasteiger partial charge in [0.05, 0.1) is 10.2 Å². The van der Waals surface area contributed by atoms with Crippen molar-refractivity contribution in [1.82, 2.24) is 15.6 Å². The van der Waals surface area contributed by atoms with Crippen LogP contribution in [0.2, 0.25) is 0 Å². The minimum absolute atomic E-state index is 0.0657. The molecular formula is C27H34N4O4S. The summed E-state index contributed by atoms with van der Waals surface area (Å²) in [5.74, 6) is -0.670. The second-order valence-electron chi connectivity index (χ2n) is 10.8. The van der Waals surface area contributed by atoms with Gasteiger partial charge in [-0.1, -0.05) is 32.9 Å². The first-order valence-electron chi connectivity index (χ1n) is 11.8. The van der Waals surface area contributed by atoms with Gasteiger partial charge >= 0.3 is 6.09 Å².